The van der Waals surface area contributed by atoms with Crippen LogP contribution in [0, 0.1) is 0 Å². The quantitative estimate of drug-likeness (QED) is 0.0518. The van der Waals surface area contributed by atoms with Crippen molar-refractivity contribution < 1.29 is 20.1 Å². The smallest absolute Gasteiger partial charge is 0.222 e. The third-order valence-electron chi connectivity index (χ3n) is 7.80. The van der Waals surface area contributed by atoms with Gasteiger partial charge in [0.1, 0.15) is 0 Å². The summed E-state index contributed by atoms with van der Waals surface area (Å²) in [4.78, 5) is 12.3. The molecule has 5 nitrogen and oxygen atoms in total. The fraction of sp³-hybridized carbons (Fsp3) is 0.857. The van der Waals surface area contributed by atoms with E-state index in [4.69, 9.17) is 0 Å². The molecule has 0 saturated heterocycles. The van der Waals surface area contributed by atoms with Crippen LogP contribution in [-0.4, -0.2) is 46.1 Å². The van der Waals surface area contributed by atoms with Crippen LogP contribution >= 0.6 is 0 Å². The Balaban J connectivity index is 3.76. The summed E-state index contributed by atoms with van der Waals surface area (Å²) in [6.07, 6.45) is 34.0. The first-order chi connectivity index (χ1) is 19.5. The van der Waals surface area contributed by atoms with Gasteiger partial charge in [-0.3, -0.25) is 4.79 Å². The number of nitrogens with one attached hydrogen (secondary N) is 1. The molecule has 0 aliphatic rings. The summed E-state index contributed by atoms with van der Waals surface area (Å²) in [6, 6.07) is -0.661. The molecule has 0 heterocycles. The molecular formula is C35H67NO4. The first-order valence-electron chi connectivity index (χ1n) is 17.1. The summed E-state index contributed by atoms with van der Waals surface area (Å²) < 4.78 is 0. The van der Waals surface area contributed by atoms with Gasteiger partial charge < -0.3 is 20.6 Å². The van der Waals surface area contributed by atoms with Crippen molar-refractivity contribution in [3.05, 3.63) is 24.3 Å². The molecule has 0 spiro atoms. The maximum atomic E-state index is 12.3. The molecular weight excluding hydrogens is 498 g/mol. The van der Waals surface area contributed by atoms with E-state index in [0.717, 1.165) is 44.9 Å². The number of allylic oxidation sites excluding steroid dienone is 4. The van der Waals surface area contributed by atoms with E-state index in [0.29, 0.717) is 12.8 Å². The van der Waals surface area contributed by atoms with Gasteiger partial charge in [0.15, 0.2) is 0 Å². The molecule has 0 saturated carbocycles. The van der Waals surface area contributed by atoms with Gasteiger partial charge in [0.25, 0.3) is 0 Å². The Bertz CT molecular complexity index is 592. The van der Waals surface area contributed by atoms with E-state index in [1.807, 2.05) is 0 Å². The number of rotatable bonds is 30. The molecule has 0 aromatic carbocycles. The van der Waals surface area contributed by atoms with Gasteiger partial charge in [0.2, 0.25) is 5.91 Å². The molecule has 0 aromatic rings. The monoisotopic (exact) mass is 566 g/mol. The Labute approximate surface area is 248 Å². The molecule has 0 aromatic heterocycles. The molecule has 3 atom stereocenters. The summed E-state index contributed by atoms with van der Waals surface area (Å²) in [6.45, 7) is 4.19. The van der Waals surface area contributed by atoms with Gasteiger partial charge in [-0.25, -0.2) is 0 Å². The fourth-order valence-corrected chi connectivity index (χ4v) is 5.10. The highest BCUT2D eigenvalue weighted by Crippen LogP contribution is 2.14. The molecule has 0 aliphatic heterocycles. The molecule has 0 fully saturated rings. The first-order valence-corrected chi connectivity index (χ1v) is 17.1. The maximum Gasteiger partial charge on any atom is 0.222 e. The number of unbranched alkanes of at least 4 members (excludes halogenated alkanes) is 18. The van der Waals surface area contributed by atoms with Gasteiger partial charge in [0, 0.05) is 0 Å². The summed E-state index contributed by atoms with van der Waals surface area (Å²) in [5.41, 5.74) is 0. The Hall–Kier alpha value is -1.17. The predicted octanol–water partition coefficient (Wildman–Crippen LogP) is 8.70. The lowest BCUT2D eigenvalue weighted by Gasteiger charge is -2.23. The largest absolute Gasteiger partial charge is 0.394 e. The van der Waals surface area contributed by atoms with Crippen LogP contribution in [0.4, 0.5) is 0 Å². The van der Waals surface area contributed by atoms with Crippen molar-refractivity contribution in [2.75, 3.05) is 6.61 Å². The first kappa shape index (κ1) is 38.8. The number of hydrogen-bond donors (Lipinski definition) is 4. The highest BCUT2D eigenvalue weighted by molar-refractivity contribution is 5.76. The minimum Gasteiger partial charge on any atom is -0.394 e. The molecule has 5 heteroatoms. The number of carbonyl (C=O) groups excluding carboxylic acids is 1. The van der Waals surface area contributed by atoms with Crippen molar-refractivity contribution in [1.82, 2.24) is 5.32 Å². The van der Waals surface area contributed by atoms with E-state index in [9.17, 15) is 20.1 Å². The lowest BCUT2D eigenvalue weighted by atomic mass is 10.0. The van der Waals surface area contributed by atoms with Crippen LogP contribution in [0.15, 0.2) is 24.3 Å². The molecule has 0 rings (SSSR count). The fourth-order valence-electron chi connectivity index (χ4n) is 5.10. The van der Waals surface area contributed by atoms with Gasteiger partial charge in [-0.2, -0.15) is 0 Å². The number of aliphatic hydroxyl groups excluding tert-OH is 3. The summed E-state index contributed by atoms with van der Waals surface area (Å²) in [5.74, 6) is -0.298. The Morgan fingerprint density at radius 2 is 1.05 bits per heavy atom. The topological polar surface area (TPSA) is 89.8 Å². The normalized spacial score (nSPS) is 14.2. The molecule has 3 unspecified atom stereocenters. The molecule has 0 bridgehead atoms. The van der Waals surface area contributed by atoms with Crippen molar-refractivity contribution >= 4 is 5.91 Å². The van der Waals surface area contributed by atoms with Crippen molar-refractivity contribution in [3.8, 4) is 0 Å². The van der Waals surface area contributed by atoms with Crippen molar-refractivity contribution in [2.45, 2.75) is 186 Å². The van der Waals surface area contributed by atoms with E-state index >= 15 is 0 Å². The van der Waals surface area contributed by atoms with Gasteiger partial charge in [-0.05, 0) is 38.5 Å². The highest BCUT2D eigenvalue weighted by Gasteiger charge is 2.21. The number of aliphatic hydroxyl groups is 3. The van der Waals surface area contributed by atoms with Crippen LogP contribution < -0.4 is 5.32 Å². The van der Waals surface area contributed by atoms with Gasteiger partial charge >= 0.3 is 0 Å². The van der Waals surface area contributed by atoms with Crippen molar-refractivity contribution in [1.29, 1.82) is 0 Å². The van der Waals surface area contributed by atoms with Gasteiger partial charge in [-0.15, -0.1) is 0 Å². The highest BCUT2D eigenvalue weighted by atomic mass is 16.3. The van der Waals surface area contributed by atoms with E-state index in [1.165, 1.54) is 89.9 Å². The van der Waals surface area contributed by atoms with Crippen LogP contribution in [0.25, 0.3) is 0 Å². The van der Waals surface area contributed by atoms with E-state index in [-0.39, 0.29) is 18.9 Å². The van der Waals surface area contributed by atoms with E-state index in [1.54, 1.807) is 0 Å². The second-order valence-electron chi connectivity index (χ2n) is 11.8. The molecule has 4 N–H and O–H groups in total. The van der Waals surface area contributed by atoms with Crippen molar-refractivity contribution in [3.63, 3.8) is 0 Å². The Kier molecular flexibility index (Phi) is 29.9. The van der Waals surface area contributed by atoms with Crippen LogP contribution in [0.5, 0.6) is 0 Å². The summed E-state index contributed by atoms with van der Waals surface area (Å²) in [5, 5.41) is 33.1. The third kappa shape index (κ3) is 27.0. The van der Waals surface area contributed by atoms with Crippen molar-refractivity contribution in [2.24, 2.45) is 0 Å². The lowest BCUT2D eigenvalue weighted by molar-refractivity contribution is -0.125. The molecule has 1 amide bonds. The third-order valence-corrected chi connectivity index (χ3v) is 7.80. The van der Waals surface area contributed by atoms with Gasteiger partial charge in [-0.1, -0.05) is 147 Å². The Morgan fingerprint density at radius 1 is 0.625 bits per heavy atom. The standard InChI is InChI=1S/C35H67NO4/c1-3-5-7-9-11-13-15-17-18-20-22-24-26-28-32(38)30-35(40)36-33(31-37)34(39)29-27-25-23-21-19-16-14-12-10-8-6-4-2/h11,13,15,17,32-34,37-39H,3-10,12,14,16,18-31H2,1-2H3,(H,36,40)/b13-11-,17-15-. The molecule has 40 heavy (non-hydrogen) atoms. The zero-order valence-corrected chi connectivity index (χ0v) is 26.5. The van der Waals surface area contributed by atoms with Crippen LogP contribution in [0.1, 0.15) is 168 Å². The summed E-state index contributed by atoms with van der Waals surface area (Å²) >= 11 is 0. The Morgan fingerprint density at radius 3 is 1.57 bits per heavy atom. The zero-order chi connectivity index (χ0) is 29.5. The summed E-state index contributed by atoms with van der Waals surface area (Å²) in [7, 11) is 0. The van der Waals surface area contributed by atoms with E-state index < -0.39 is 18.2 Å². The zero-order valence-electron chi connectivity index (χ0n) is 26.5. The maximum absolute atomic E-state index is 12.3. The molecule has 236 valence electrons. The minimum absolute atomic E-state index is 0.0230. The molecule has 0 radical (unpaired) electrons. The second kappa shape index (κ2) is 30.8. The molecule has 0 aliphatic carbocycles. The van der Waals surface area contributed by atoms with Crippen LogP contribution in [0.2, 0.25) is 0 Å². The van der Waals surface area contributed by atoms with E-state index in [2.05, 4.69) is 43.5 Å². The number of amides is 1. The number of carbonyl (C=O) groups is 1. The minimum atomic E-state index is -0.750. The van der Waals surface area contributed by atoms with Gasteiger partial charge in [0.05, 0.1) is 31.3 Å². The average molecular weight is 566 g/mol. The average Bonchev–Trinajstić information content (AvgIpc) is 2.94. The van der Waals surface area contributed by atoms with Crippen LogP contribution in [0.3, 0.4) is 0 Å². The number of hydrogen-bond acceptors (Lipinski definition) is 4. The lowest BCUT2D eigenvalue weighted by Crippen LogP contribution is -2.46. The van der Waals surface area contributed by atoms with Crippen LogP contribution in [-0.2, 0) is 4.79 Å². The second-order valence-corrected chi connectivity index (χ2v) is 11.8. The predicted molar refractivity (Wildman–Crippen MR) is 171 cm³/mol. The SMILES string of the molecule is CCCCC/C=C\C=C/CCCCCCC(O)CC(=O)NC(CO)C(O)CCCCCCCCCCCCCC.